The number of aromatic nitrogens is 2. The smallest absolute Gasteiger partial charge is 0.272 e. The Balaban J connectivity index is 1.81. The van der Waals surface area contributed by atoms with Gasteiger partial charge in [0.05, 0.1) is 5.69 Å². The average molecular weight is 389 g/mol. The normalized spacial score (nSPS) is 15.4. The van der Waals surface area contributed by atoms with E-state index in [1.54, 1.807) is 6.07 Å². The Morgan fingerprint density at radius 3 is 2.67 bits per heavy atom. The maximum atomic E-state index is 12.7. The van der Waals surface area contributed by atoms with Crippen LogP contribution in [0.3, 0.4) is 0 Å². The number of para-hydroxylation sites is 1. The van der Waals surface area contributed by atoms with Crippen LogP contribution < -0.4 is 5.32 Å². The van der Waals surface area contributed by atoms with Crippen molar-refractivity contribution in [3.63, 3.8) is 0 Å². The third-order valence-corrected chi connectivity index (χ3v) is 4.96. The molecule has 0 saturated carbocycles. The van der Waals surface area contributed by atoms with Crippen LogP contribution in [-0.4, -0.2) is 33.9 Å². The Kier molecular flexibility index (Phi) is 5.14. The van der Waals surface area contributed by atoms with E-state index >= 15 is 0 Å². The van der Waals surface area contributed by atoms with Gasteiger partial charge in [-0.15, -0.1) is 0 Å². The maximum absolute atomic E-state index is 12.7. The lowest BCUT2D eigenvalue weighted by Crippen LogP contribution is -2.38. The summed E-state index contributed by atoms with van der Waals surface area (Å²) in [6, 6.07) is 9.51. The van der Waals surface area contributed by atoms with Crippen LogP contribution in [0.2, 0.25) is 0 Å². The summed E-state index contributed by atoms with van der Waals surface area (Å²) >= 11 is 3.49. The molecule has 126 valence electrons. The van der Waals surface area contributed by atoms with Gasteiger partial charge in [0.2, 0.25) is 5.95 Å². The quantitative estimate of drug-likeness (QED) is 0.857. The third-order valence-electron chi connectivity index (χ3n) is 4.26. The van der Waals surface area contributed by atoms with E-state index in [1.165, 1.54) is 0 Å². The van der Waals surface area contributed by atoms with E-state index in [2.05, 4.69) is 38.1 Å². The van der Waals surface area contributed by atoms with Gasteiger partial charge in [-0.3, -0.25) is 4.79 Å². The predicted molar refractivity (Wildman–Crippen MR) is 98.5 cm³/mol. The van der Waals surface area contributed by atoms with E-state index in [-0.39, 0.29) is 5.91 Å². The molecule has 0 bridgehead atoms. The van der Waals surface area contributed by atoms with Gasteiger partial charge in [0, 0.05) is 23.3 Å². The highest BCUT2D eigenvalue weighted by Crippen LogP contribution is 2.24. The molecule has 0 aliphatic carbocycles. The molecule has 0 spiro atoms. The zero-order valence-corrected chi connectivity index (χ0v) is 15.5. The lowest BCUT2D eigenvalue weighted by Gasteiger charge is -2.30. The Bertz CT molecular complexity index is 742. The fraction of sp³-hybridized carbons (Fsp3) is 0.389. The van der Waals surface area contributed by atoms with Crippen LogP contribution in [0.1, 0.15) is 35.9 Å². The van der Waals surface area contributed by atoms with Crippen molar-refractivity contribution in [2.45, 2.75) is 26.7 Å². The molecule has 1 fully saturated rings. The van der Waals surface area contributed by atoms with Gasteiger partial charge in [-0.05, 0) is 59.8 Å². The molecule has 0 radical (unpaired) electrons. The summed E-state index contributed by atoms with van der Waals surface area (Å²) in [4.78, 5) is 23.4. The van der Waals surface area contributed by atoms with Crippen molar-refractivity contribution in [2.75, 3.05) is 18.4 Å². The second kappa shape index (κ2) is 7.30. The molecule has 1 aliphatic rings. The van der Waals surface area contributed by atoms with E-state index < -0.39 is 0 Å². The SMILES string of the molecule is Cc1cc(C(=O)N2CCC(C)CC2)nc(Nc2ccccc2Br)n1. The number of anilines is 2. The zero-order valence-electron chi connectivity index (χ0n) is 13.9. The van der Waals surface area contributed by atoms with Crippen molar-refractivity contribution in [2.24, 2.45) is 5.92 Å². The number of likely N-dealkylation sites (tertiary alicyclic amines) is 1. The minimum absolute atomic E-state index is 0.0115. The lowest BCUT2D eigenvalue weighted by molar-refractivity contribution is 0.0691. The molecule has 2 aromatic rings. The van der Waals surface area contributed by atoms with Crippen LogP contribution in [-0.2, 0) is 0 Å². The highest BCUT2D eigenvalue weighted by atomic mass is 79.9. The van der Waals surface area contributed by atoms with E-state index in [4.69, 9.17) is 0 Å². The summed E-state index contributed by atoms with van der Waals surface area (Å²) in [6.07, 6.45) is 2.11. The van der Waals surface area contributed by atoms with E-state index in [0.717, 1.165) is 41.8 Å². The summed E-state index contributed by atoms with van der Waals surface area (Å²) < 4.78 is 0.924. The van der Waals surface area contributed by atoms with Gasteiger partial charge in [0.1, 0.15) is 5.69 Å². The average Bonchev–Trinajstić information content (AvgIpc) is 2.56. The second-order valence-corrected chi connectivity index (χ2v) is 7.15. The molecule has 5 nitrogen and oxygen atoms in total. The topological polar surface area (TPSA) is 58.1 Å². The Hall–Kier alpha value is -1.95. The number of carbonyl (C=O) groups is 1. The molecular weight excluding hydrogens is 368 g/mol. The van der Waals surface area contributed by atoms with Crippen molar-refractivity contribution in [3.05, 3.63) is 46.2 Å². The molecule has 1 amide bonds. The fourth-order valence-corrected chi connectivity index (χ4v) is 3.17. The number of aryl methyl sites for hydroxylation is 1. The predicted octanol–water partition coefficient (Wildman–Crippen LogP) is 4.16. The van der Waals surface area contributed by atoms with E-state index in [9.17, 15) is 4.79 Å². The Labute approximate surface area is 150 Å². The number of benzene rings is 1. The molecule has 2 heterocycles. The van der Waals surface area contributed by atoms with Gasteiger partial charge in [-0.1, -0.05) is 19.1 Å². The first kappa shape index (κ1) is 16.9. The number of nitrogens with one attached hydrogen (secondary N) is 1. The molecule has 3 rings (SSSR count). The number of carbonyl (C=O) groups excluding carboxylic acids is 1. The van der Waals surface area contributed by atoms with Crippen molar-refractivity contribution >= 4 is 33.5 Å². The molecule has 6 heteroatoms. The van der Waals surface area contributed by atoms with Gasteiger partial charge in [-0.2, -0.15) is 0 Å². The van der Waals surface area contributed by atoms with Gasteiger partial charge in [0.25, 0.3) is 5.91 Å². The first-order valence-corrected chi connectivity index (χ1v) is 8.99. The first-order chi connectivity index (χ1) is 11.5. The van der Waals surface area contributed by atoms with Crippen LogP contribution in [0.5, 0.6) is 0 Å². The highest BCUT2D eigenvalue weighted by molar-refractivity contribution is 9.10. The van der Waals surface area contributed by atoms with Crippen molar-refractivity contribution in [1.29, 1.82) is 0 Å². The van der Waals surface area contributed by atoms with Gasteiger partial charge in [0.15, 0.2) is 0 Å². The minimum atomic E-state index is -0.0115. The summed E-state index contributed by atoms with van der Waals surface area (Å²) in [5, 5.41) is 3.18. The third kappa shape index (κ3) is 3.93. The van der Waals surface area contributed by atoms with E-state index in [1.807, 2.05) is 36.1 Å². The van der Waals surface area contributed by atoms with Crippen LogP contribution >= 0.6 is 15.9 Å². The standard InChI is InChI=1S/C18H21BrN4O/c1-12-7-9-23(10-8-12)17(24)16-11-13(2)20-18(22-16)21-15-6-4-3-5-14(15)19/h3-6,11-12H,7-10H2,1-2H3,(H,20,21,22). The monoisotopic (exact) mass is 388 g/mol. The molecule has 1 saturated heterocycles. The van der Waals surface area contributed by atoms with Gasteiger partial charge >= 0.3 is 0 Å². The van der Waals surface area contributed by atoms with Crippen molar-refractivity contribution < 1.29 is 4.79 Å². The van der Waals surface area contributed by atoms with E-state index in [0.29, 0.717) is 17.6 Å². The Morgan fingerprint density at radius 2 is 1.96 bits per heavy atom. The molecule has 1 aromatic carbocycles. The molecule has 1 N–H and O–H groups in total. The maximum Gasteiger partial charge on any atom is 0.272 e. The fourth-order valence-electron chi connectivity index (χ4n) is 2.79. The minimum Gasteiger partial charge on any atom is -0.337 e. The van der Waals surface area contributed by atoms with Crippen LogP contribution in [0.15, 0.2) is 34.8 Å². The number of rotatable bonds is 3. The van der Waals surface area contributed by atoms with Crippen LogP contribution in [0.25, 0.3) is 0 Å². The Morgan fingerprint density at radius 1 is 1.25 bits per heavy atom. The molecule has 1 aliphatic heterocycles. The number of amides is 1. The number of hydrogen-bond donors (Lipinski definition) is 1. The number of halogens is 1. The van der Waals surface area contributed by atoms with Gasteiger partial charge < -0.3 is 10.2 Å². The summed E-state index contributed by atoms with van der Waals surface area (Å²) in [5.41, 5.74) is 2.09. The lowest BCUT2D eigenvalue weighted by atomic mass is 9.99. The molecular formula is C18H21BrN4O. The molecule has 1 aromatic heterocycles. The molecule has 0 unspecified atom stereocenters. The van der Waals surface area contributed by atoms with Gasteiger partial charge in [-0.25, -0.2) is 9.97 Å². The molecule has 0 atom stereocenters. The zero-order chi connectivity index (χ0) is 17.1. The second-order valence-electron chi connectivity index (χ2n) is 6.30. The first-order valence-electron chi connectivity index (χ1n) is 8.19. The number of hydrogen-bond acceptors (Lipinski definition) is 4. The number of nitrogens with zero attached hydrogens (tertiary/aromatic N) is 3. The molecule has 24 heavy (non-hydrogen) atoms. The summed E-state index contributed by atoms with van der Waals surface area (Å²) in [7, 11) is 0. The van der Waals surface area contributed by atoms with Crippen molar-refractivity contribution in [1.82, 2.24) is 14.9 Å². The van der Waals surface area contributed by atoms with Crippen LogP contribution in [0, 0.1) is 12.8 Å². The number of piperidine rings is 1. The largest absolute Gasteiger partial charge is 0.337 e. The summed E-state index contributed by atoms with van der Waals surface area (Å²) in [6.45, 7) is 5.71. The van der Waals surface area contributed by atoms with Crippen LogP contribution in [0.4, 0.5) is 11.6 Å². The summed E-state index contributed by atoms with van der Waals surface area (Å²) in [5.74, 6) is 1.12. The highest BCUT2D eigenvalue weighted by Gasteiger charge is 2.23. The van der Waals surface area contributed by atoms with Crippen molar-refractivity contribution in [3.8, 4) is 0 Å².